The molecule has 120 valence electrons. The molecule has 0 aliphatic carbocycles. The molecule has 4 rings (SSSR count). The van der Waals surface area contributed by atoms with Gasteiger partial charge in [-0.05, 0) is 37.4 Å². The number of carbonyl (C=O) groups is 1. The molecule has 0 unspecified atom stereocenters. The Hall–Kier alpha value is -2.81. The van der Waals surface area contributed by atoms with Crippen LogP contribution in [0.2, 0.25) is 0 Å². The summed E-state index contributed by atoms with van der Waals surface area (Å²) in [5.41, 5.74) is 2.14. The van der Waals surface area contributed by atoms with E-state index in [1.165, 1.54) is 0 Å². The molecule has 24 heavy (non-hydrogen) atoms. The van der Waals surface area contributed by atoms with Crippen molar-refractivity contribution in [1.29, 1.82) is 0 Å². The highest BCUT2D eigenvalue weighted by molar-refractivity contribution is 6.19. The Balaban J connectivity index is 2.14. The summed E-state index contributed by atoms with van der Waals surface area (Å²) >= 11 is 0. The quantitative estimate of drug-likeness (QED) is 0.679. The molecule has 0 bridgehead atoms. The number of nitrogens with zero attached hydrogens (tertiary/aromatic N) is 1. The lowest BCUT2D eigenvalue weighted by molar-refractivity contribution is -0.121. The van der Waals surface area contributed by atoms with Gasteiger partial charge in [-0.25, -0.2) is 0 Å². The molecule has 0 N–H and O–H groups in total. The van der Waals surface area contributed by atoms with E-state index < -0.39 is 5.41 Å². The number of carbonyl (C=O) groups excluding carboxylic acids is 1. The predicted molar refractivity (Wildman–Crippen MR) is 97.1 cm³/mol. The van der Waals surface area contributed by atoms with E-state index in [4.69, 9.17) is 4.74 Å². The first-order valence-electron chi connectivity index (χ1n) is 8.05. The summed E-state index contributed by atoms with van der Waals surface area (Å²) in [7, 11) is 1.66. The van der Waals surface area contributed by atoms with Gasteiger partial charge < -0.3 is 4.74 Å². The van der Waals surface area contributed by atoms with Crippen molar-refractivity contribution in [2.75, 3.05) is 12.0 Å². The Morgan fingerprint density at radius 1 is 0.958 bits per heavy atom. The van der Waals surface area contributed by atoms with Crippen LogP contribution in [0.1, 0.15) is 19.4 Å². The fourth-order valence-electron chi connectivity index (χ4n) is 3.61. The third-order valence-corrected chi connectivity index (χ3v) is 4.81. The van der Waals surface area contributed by atoms with Crippen LogP contribution in [-0.2, 0) is 10.2 Å². The fraction of sp³-hybridized carbons (Fsp3) is 0.190. The molecule has 1 heterocycles. The molecule has 1 aliphatic rings. The molecule has 3 aromatic carbocycles. The van der Waals surface area contributed by atoms with Crippen LogP contribution in [0, 0.1) is 0 Å². The maximum Gasteiger partial charge on any atom is 0.241 e. The van der Waals surface area contributed by atoms with Crippen LogP contribution in [0.5, 0.6) is 5.75 Å². The number of benzene rings is 3. The molecule has 0 fully saturated rings. The summed E-state index contributed by atoms with van der Waals surface area (Å²) in [6.07, 6.45) is 0. The van der Waals surface area contributed by atoms with Gasteiger partial charge in [-0.3, -0.25) is 9.69 Å². The van der Waals surface area contributed by atoms with Gasteiger partial charge in [-0.1, -0.05) is 42.5 Å². The zero-order valence-corrected chi connectivity index (χ0v) is 14.0. The SMILES string of the molecule is COc1cc2ccccc2c2c1C(C)(C)C(=O)N2c1ccccc1. The fourth-order valence-corrected chi connectivity index (χ4v) is 3.61. The lowest BCUT2D eigenvalue weighted by atomic mass is 9.84. The van der Waals surface area contributed by atoms with E-state index in [0.29, 0.717) is 0 Å². The maximum atomic E-state index is 13.3. The van der Waals surface area contributed by atoms with E-state index in [1.54, 1.807) is 7.11 Å². The predicted octanol–water partition coefficient (Wildman–Crippen LogP) is 4.80. The average molecular weight is 317 g/mol. The largest absolute Gasteiger partial charge is 0.496 e. The summed E-state index contributed by atoms with van der Waals surface area (Å²) < 4.78 is 5.65. The number of para-hydroxylation sites is 1. The van der Waals surface area contributed by atoms with E-state index in [9.17, 15) is 4.79 Å². The van der Waals surface area contributed by atoms with Crippen LogP contribution in [0.4, 0.5) is 11.4 Å². The Bertz CT molecular complexity index is 945. The zero-order chi connectivity index (χ0) is 16.9. The lowest BCUT2D eigenvalue weighted by Gasteiger charge is -2.20. The standard InChI is InChI=1S/C21H19NO2/c1-21(2)18-17(24-3)13-14-9-7-8-12-16(14)19(18)22(20(21)23)15-10-5-4-6-11-15/h4-13H,1-3H3. The third kappa shape index (κ3) is 1.88. The third-order valence-electron chi connectivity index (χ3n) is 4.81. The second kappa shape index (κ2) is 5.10. The van der Waals surface area contributed by atoms with Gasteiger partial charge in [0.1, 0.15) is 5.75 Å². The highest BCUT2D eigenvalue weighted by Gasteiger charge is 2.47. The number of methoxy groups -OCH3 is 1. The highest BCUT2D eigenvalue weighted by Crippen LogP contribution is 2.52. The van der Waals surface area contributed by atoms with Gasteiger partial charge in [-0.15, -0.1) is 0 Å². The molecular weight excluding hydrogens is 298 g/mol. The second-order valence-corrected chi connectivity index (χ2v) is 6.62. The summed E-state index contributed by atoms with van der Waals surface area (Å²) in [6, 6.07) is 20.0. The van der Waals surface area contributed by atoms with Crippen LogP contribution in [0.25, 0.3) is 10.8 Å². The molecule has 3 aromatic rings. The smallest absolute Gasteiger partial charge is 0.241 e. The zero-order valence-electron chi connectivity index (χ0n) is 14.0. The van der Waals surface area contributed by atoms with E-state index in [0.717, 1.165) is 33.5 Å². The van der Waals surface area contributed by atoms with Crippen molar-refractivity contribution >= 4 is 28.1 Å². The van der Waals surface area contributed by atoms with Crippen LogP contribution in [-0.4, -0.2) is 13.0 Å². The highest BCUT2D eigenvalue weighted by atomic mass is 16.5. The van der Waals surface area contributed by atoms with E-state index in [-0.39, 0.29) is 5.91 Å². The minimum absolute atomic E-state index is 0.0679. The lowest BCUT2D eigenvalue weighted by Crippen LogP contribution is -2.33. The Morgan fingerprint density at radius 2 is 1.62 bits per heavy atom. The summed E-state index contributed by atoms with van der Waals surface area (Å²) in [4.78, 5) is 15.1. The molecule has 0 saturated carbocycles. The van der Waals surface area contributed by atoms with Gasteiger partial charge >= 0.3 is 0 Å². The van der Waals surface area contributed by atoms with Crippen molar-refractivity contribution in [3.05, 3.63) is 66.2 Å². The number of anilines is 2. The molecule has 0 saturated heterocycles. The summed E-state index contributed by atoms with van der Waals surface area (Å²) in [5.74, 6) is 0.832. The molecule has 0 aromatic heterocycles. The number of ether oxygens (including phenoxy) is 1. The van der Waals surface area contributed by atoms with Gasteiger partial charge in [0.2, 0.25) is 5.91 Å². The Morgan fingerprint density at radius 3 is 2.33 bits per heavy atom. The number of hydrogen-bond acceptors (Lipinski definition) is 2. The van der Waals surface area contributed by atoms with Crippen LogP contribution >= 0.6 is 0 Å². The van der Waals surface area contributed by atoms with Gasteiger partial charge in [0.15, 0.2) is 0 Å². The van der Waals surface area contributed by atoms with Gasteiger partial charge in [0.05, 0.1) is 18.2 Å². The molecule has 1 aliphatic heterocycles. The molecule has 0 spiro atoms. The van der Waals surface area contributed by atoms with Crippen molar-refractivity contribution in [1.82, 2.24) is 0 Å². The van der Waals surface area contributed by atoms with Gasteiger partial charge in [-0.2, -0.15) is 0 Å². The number of amides is 1. The molecule has 0 radical (unpaired) electrons. The molecular formula is C21H19NO2. The van der Waals surface area contributed by atoms with Gasteiger partial charge in [0.25, 0.3) is 0 Å². The van der Waals surface area contributed by atoms with Crippen molar-refractivity contribution in [3.63, 3.8) is 0 Å². The molecule has 0 atom stereocenters. The topological polar surface area (TPSA) is 29.5 Å². The average Bonchev–Trinajstić information content (AvgIpc) is 2.82. The first-order valence-corrected chi connectivity index (χ1v) is 8.05. The van der Waals surface area contributed by atoms with Crippen molar-refractivity contribution in [3.8, 4) is 5.75 Å². The minimum atomic E-state index is -0.638. The first-order chi connectivity index (χ1) is 11.6. The van der Waals surface area contributed by atoms with Crippen LogP contribution in [0.3, 0.4) is 0 Å². The maximum absolute atomic E-state index is 13.3. The molecule has 3 heteroatoms. The van der Waals surface area contributed by atoms with E-state index >= 15 is 0 Å². The van der Waals surface area contributed by atoms with E-state index in [2.05, 4.69) is 12.1 Å². The molecule has 1 amide bonds. The number of rotatable bonds is 2. The minimum Gasteiger partial charge on any atom is -0.496 e. The summed E-state index contributed by atoms with van der Waals surface area (Å²) in [6.45, 7) is 3.93. The number of hydrogen-bond donors (Lipinski definition) is 0. The first kappa shape index (κ1) is 14.8. The van der Waals surface area contributed by atoms with Crippen LogP contribution < -0.4 is 9.64 Å². The van der Waals surface area contributed by atoms with Crippen LogP contribution in [0.15, 0.2) is 60.7 Å². The Kier molecular flexibility index (Phi) is 3.14. The van der Waals surface area contributed by atoms with E-state index in [1.807, 2.05) is 67.3 Å². The number of fused-ring (bicyclic) bond motifs is 3. The normalized spacial score (nSPS) is 15.6. The monoisotopic (exact) mass is 317 g/mol. The van der Waals surface area contributed by atoms with Crippen molar-refractivity contribution < 1.29 is 9.53 Å². The molecule has 3 nitrogen and oxygen atoms in total. The van der Waals surface area contributed by atoms with Crippen molar-refractivity contribution in [2.24, 2.45) is 0 Å². The Labute approximate surface area is 141 Å². The van der Waals surface area contributed by atoms with Crippen molar-refractivity contribution in [2.45, 2.75) is 19.3 Å². The second-order valence-electron chi connectivity index (χ2n) is 6.62. The summed E-state index contributed by atoms with van der Waals surface area (Å²) in [5, 5.41) is 2.13. The van der Waals surface area contributed by atoms with Gasteiger partial charge in [0, 0.05) is 16.6 Å².